The van der Waals surface area contributed by atoms with Crippen LogP contribution in [0.5, 0.6) is 0 Å². The molecule has 1 N–H and O–H groups in total. The van der Waals surface area contributed by atoms with E-state index in [1.54, 1.807) is 13.0 Å². The lowest BCUT2D eigenvalue weighted by Crippen LogP contribution is -2.12. The third-order valence-electron chi connectivity index (χ3n) is 3.10. The molecule has 2 aromatic carbocycles. The van der Waals surface area contributed by atoms with Crippen molar-refractivity contribution in [3.8, 4) is 11.3 Å². The molecule has 3 aromatic rings. The maximum atomic E-state index is 11.4. The number of benzene rings is 2. The first-order chi connectivity index (χ1) is 10.3. The van der Waals surface area contributed by atoms with Crippen LogP contribution in [-0.2, 0) is 4.74 Å². The van der Waals surface area contributed by atoms with Gasteiger partial charge in [0.25, 0.3) is 0 Å². The fourth-order valence-electron chi connectivity index (χ4n) is 2.15. The first-order valence-corrected chi connectivity index (χ1v) is 6.79. The lowest BCUT2D eigenvalue weighted by Gasteiger charge is -2.04. The van der Waals surface area contributed by atoms with E-state index in [0.29, 0.717) is 12.3 Å². The van der Waals surface area contributed by atoms with E-state index in [1.165, 1.54) is 0 Å². The maximum absolute atomic E-state index is 11.4. The van der Waals surface area contributed by atoms with Gasteiger partial charge >= 0.3 is 6.09 Å². The highest BCUT2D eigenvalue weighted by molar-refractivity contribution is 5.91. The Morgan fingerprint density at radius 3 is 2.71 bits per heavy atom. The standard InChI is InChI=1S/C17H15NO3/c1-2-20-17(19)18-14-8-9-15-13(10-14)11-16(21-15)12-6-4-3-5-7-12/h3-11H,2H2,1H3,(H,18,19). The third-order valence-corrected chi connectivity index (χ3v) is 3.10. The van der Waals surface area contributed by atoms with Crippen molar-refractivity contribution in [2.75, 3.05) is 11.9 Å². The third kappa shape index (κ3) is 2.89. The van der Waals surface area contributed by atoms with E-state index in [-0.39, 0.29) is 0 Å². The highest BCUT2D eigenvalue weighted by atomic mass is 16.5. The van der Waals surface area contributed by atoms with E-state index in [4.69, 9.17) is 9.15 Å². The lowest BCUT2D eigenvalue weighted by molar-refractivity contribution is 0.168. The van der Waals surface area contributed by atoms with Crippen LogP contribution in [0.15, 0.2) is 59.0 Å². The van der Waals surface area contributed by atoms with Crippen LogP contribution >= 0.6 is 0 Å². The number of nitrogens with one attached hydrogen (secondary N) is 1. The Balaban J connectivity index is 1.90. The number of ether oxygens (including phenoxy) is 1. The lowest BCUT2D eigenvalue weighted by atomic mass is 10.1. The zero-order chi connectivity index (χ0) is 14.7. The number of carbonyl (C=O) groups excluding carboxylic acids is 1. The molecule has 0 fully saturated rings. The van der Waals surface area contributed by atoms with Gasteiger partial charge in [0.2, 0.25) is 0 Å². The normalized spacial score (nSPS) is 10.5. The SMILES string of the molecule is CCOC(=O)Nc1ccc2oc(-c3ccccc3)cc2c1. The molecule has 0 saturated heterocycles. The Hall–Kier alpha value is -2.75. The van der Waals surface area contributed by atoms with Gasteiger partial charge in [0.15, 0.2) is 0 Å². The van der Waals surface area contributed by atoms with Crippen molar-refractivity contribution in [2.45, 2.75) is 6.92 Å². The number of amides is 1. The summed E-state index contributed by atoms with van der Waals surface area (Å²) in [5.74, 6) is 0.805. The summed E-state index contributed by atoms with van der Waals surface area (Å²) < 4.78 is 10.7. The van der Waals surface area contributed by atoms with E-state index < -0.39 is 6.09 Å². The van der Waals surface area contributed by atoms with Crippen molar-refractivity contribution in [1.29, 1.82) is 0 Å². The molecule has 0 aliphatic rings. The number of anilines is 1. The molecule has 3 rings (SSSR count). The molecule has 0 bridgehead atoms. The predicted molar refractivity (Wildman–Crippen MR) is 82.3 cm³/mol. The van der Waals surface area contributed by atoms with Gasteiger partial charge in [-0.3, -0.25) is 5.32 Å². The highest BCUT2D eigenvalue weighted by Crippen LogP contribution is 2.29. The van der Waals surface area contributed by atoms with Crippen LogP contribution in [0.2, 0.25) is 0 Å². The van der Waals surface area contributed by atoms with Crippen LogP contribution in [-0.4, -0.2) is 12.7 Å². The van der Waals surface area contributed by atoms with Gasteiger partial charge in [0.05, 0.1) is 6.61 Å². The molecule has 0 aliphatic heterocycles. The minimum Gasteiger partial charge on any atom is -0.456 e. The minimum atomic E-state index is -0.455. The van der Waals surface area contributed by atoms with Gasteiger partial charge in [-0.05, 0) is 31.2 Å². The van der Waals surface area contributed by atoms with Gasteiger partial charge in [0.1, 0.15) is 11.3 Å². The molecule has 0 spiro atoms. The largest absolute Gasteiger partial charge is 0.456 e. The smallest absolute Gasteiger partial charge is 0.411 e. The quantitative estimate of drug-likeness (QED) is 0.759. The van der Waals surface area contributed by atoms with E-state index >= 15 is 0 Å². The number of rotatable bonds is 3. The fourth-order valence-corrected chi connectivity index (χ4v) is 2.15. The van der Waals surface area contributed by atoms with Crippen molar-refractivity contribution < 1.29 is 13.9 Å². The Bertz CT molecular complexity index is 762. The van der Waals surface area contributed by atoms with E-state index in [0.717, 1.165) is 22.3 Å². The van der Waals surface area contributed by atoms with Crippen LogP contribution in [0.3, 0.4) is 0 Å². The molecule has 0 atom stereocenters. The predicted octanol–water partition coefficient (Wildman–Crippen LogP) is 4.67. The van der Waals surface area contributed by atoms with Crippen LogP contribution in [0.4, 0.5) is 10.5 Å². The fraction of sp³-hybridized carbons (Fsp3) is 0.118. The summed E-state index contributed by atoms with van der Waals surface area (Å²) in [6.45, 7) is 2.11. The average molecular weight is 281 g/mol. The zero-order valence-corrected chi connectivity index (χ0v) is 11.6. The maximum Gasteiger partial charge on any atom is 0.411 e. The van der Waals surface area contributed by atoms with Gasteiger partial charge in [-0.15, -0.1) is 0 Å². The second-order valence-electron chi connectivity index (χ2n) is 4.57. The molecule has 1 heterocycles. The van der Waals surface area contributed by atoms with Crippen molar-refractivity contribution >= 4 is 22.7 Å². The minimum absolute atomic E-state index is 0.345. The van der Waals surface area contributed by atoms with E-state index in [9.17, 15) is 4.79 Å². The summed E-state index contributed by atoms with van der Waals surface area (Å²) in [5, 5.41) is 3.61. The summed E-state index contributed by atoms with van der Waals surface area (Å²) in [6, 6.07) is 17.3. The number of carbonyl (C=O) groups is 1. The van der Waals surface area contributed by atoms with Gasteiger partial charge < -0.3 is 9.15 Å². The highest BCUT2D eigenvalue weighted by Gasteiger charge is 2.08. The summed E-state index contributed by atoms with van der Waals surface area (Å²) in [4.78, 5) is 11.4. The summed E-state index contributed by atoms with van der Waals surface area (Å²) in [7, 11) is 0. The van der Waals surface area contributed by atoms with Crippen molar-refractivity contribution in [1.82, 2.24) is 0 Å². The molecule has 0 aliphatic carbocycles. The number of hydrogen-bond acceptors (Lipinski definition) is 3. The molecular formula is C17H15NO3. The monoisotopic (exact) mass is 281 g/mol. The molecule has 4 heteroatoms. The van der Waals surface area contributed by atoms with E-state index in [1.807, 2.05) is 48.5 Å². The molecule has 0 unspecified atom stereocenters. The first-order valence-electron chi connectivity index (χ1n) is 6.79. The second kappa shape index (κ2) is 5.71. The topological polar surface area (TPSA) is 51.5 Å². The van der Waals surface area contributed by atoms with Crippen molar-refractivity contribution in [3.63, 3.8) is 0 Å². The number of hydrogen-bond donors (Lipinski definition) is 1. The Labute approximate surface area is 122 Å². The van der Waals surface area contributed by atoms with E-state index in [2.05, 4.69) is 5.32 Å². The van der Waals surface area contributed by atoms with Crippen LogP contribution in [0.25, 0.3) is 22.3 Å². The Morgan fingerprint density at radius 2 is 1.95 bits per heavy atom. The molecule has 0 radical (unpaired) electrons. The van der Waals surface area contributed by atoms with Crippen LogP contribution in [0.1, 0.15) is 6.92 Å². The number of fused-ring (bicyclic) bond motifs is 1. The first kappa shape index (κ1) is 13.2. The molecule has 1 aromatic heterocycles. The number of furan rings is 1. The summed E-state index contributed by atoms with van der Waals surface area (Å²) >= 11 is 0. The molecule has 0 saturated carbocycles. The van der Waals surface area contributed by atoms with Gasteiger partial charge in [0, 0.05) is 16.6 Å². The second-order valence-corrected chi connectivity index (χ2v) is 4.57. The molecule has 1 amide bonds. The Morgan fingerprint density at radius 1 is 1.14 bits per heavy atom. The van der Waals surface area contributed by atoms with Crippen molar-refractivity contribution in [2.24, 2.45) is 0 Å². The van der Waals surface area contributed by atoms with Crippen LogP contribution < -0.4 is 5.32 Å². The average Bonchev–Trinajstić information content (AvgIpc) is 2.91. The molecule has 4 nitrogen and oxygen atoms in total. The zero-order valence-electron chi connectivity index (χ0n) is 11.6. The molecule has 106 valence electrons. The van der Waals surface area contributed by atoms with Gasteiger partial charge in [-0.2, -0.15) is 0 Å². The Kier molecular flexibility index (Phi) is 3.60. The van der Waals surface area contributed by atoms with Gasteiger partial charge in [-0.25, -0.2) is 4.79 Å². The summed E-state index contributed by atoms with van der Waals surface area (Å²) in [6.07, 6.45) is -0.455. The molecular weight excluding hydrogens is 266 g/mol. The summed E-state index contributed by atoms with van der Waals surface area (Å²) in [5.41, 5.74) is 2.48. The molecule has 21 heavy (non-hydrogen) atoms. The van der Waals surface area contributed by atoms with Crippen molar-refractivity contribution in [3.05, 3.63) is 54.6 Å². The van der Waals surface area contributed by atoms with Crippen LogP contribution in [0, 0.1) is 0 Å². The van der Waals surface area contributed by atoms with Gasteiger partial charge in [-0.1, -0.05) is 30.3 Å².